The second-order valence-corrected chi connectivity index (χ2v) is 6.23. The Morgan fingerprint density at radius 2 is 1.68 bits per heavy atom. The molecule has 0 amide bonds. The average Bonchev–Trinajstić information content (AvgIpc) is 3.38. The Balaban J connectivity index is 1.58. The zero-order valence-corrected chi connectivity index (χ0v) is 14.8. The van der Waals surface area contributed by atoms with Gasteiger partial charge in [0, 0.05) is 18.0 Å². The van der Waals surface area contributed by atoms with Gasteiger partial charge in [-0.05, 0) is 48.5 Å². The molecule has 5 aromatic rings. The average molecular weight is 368 g/mol. The fourth-order valence-corrected chi connectivity index (χ4v) is 3.15. The van der Waals surface area contributed by atoms with Crippen molar-refractivity contribution in [3.63, 3.8) is 0 Å². The number of nitrogen functional groups attached to an aromatic ring is 1. The first-order chi connectivity index (χ1) is 13.8. The number of rotatable bonds is 4. The van der Waals surface area contributed by atoms with Gasteiger partial charge >= 0.3 is 0 Å². The van der Waals surface area contributed by atoms with E-state index < -0.39 is 0 Å². The van der Waals surface area contributed by atoms with E-state index in [4.69, 9.17) is 19.9 Å². The van der Waals surface area contributed by atoms with Crippen LogP contribution in [0.5, 0.6) is 11.5 Å². The minimum absolute atomic E-state index is 0.410. The Morgan fingerprint density at radius 1 is 0.893 bits per heavy atom. The lowest BCUT2D eigenvalue weighted by Crippen LogP contribution is -1.96. The van der Waals surface area contributed by atoms with Gasteiger partial charge in [-0.3, -0.25) is 4.40 Å². The van der Waals surface area contributed by atoms with Gasteiger partial charge in [-0.1, -0.05) is 18.2 Å². The number of para-hydroxylation sites is 1. The molecule has 0 saturated carbocycles. The van der Waals surface area contributed by atoms with Gasteiger partial charge < -0.3 is 14.9 Å². The molecule has 0 unspecified atom stereocenters. The molecule has 0 aliphatic carbocycles. The molecule has 28 heavy (non-hydrogen) atoms. The number of benzene rings is 2. The fourth-order valence-electron chi connectivity index (χ4n) is 3.15. The predicted octanol–water partition coefficient (Wildman–Crippen LogP) is 5.03. The third kappa shape index (κ3) is 2.77. The minimum Gasteiger partial charge on any atom is -0.461 e. The van der Waals surface area contributed by atoms with Gasteiger partial charge in [0.1, 0.15) is 28.5 Å². The maximum atomic E-state index is 6.17. The zero-order chi connectivity index (χ0) is 18.9. The van der Waals surface area contributed by atoms with Crippen LogP contribution >= 0.6 is 0 Å². The molecule has 0 fully saturated rings. The molecule has 0 spiro atoms. The van der Waals surface area contributed by atoms with Gasteiger partial charge in [-0.25, -0.2) is 9.97 Å². The van der Waals surface area contributed by atoms with E-state index in [-0.39, 0.29) is 0 Å². The van der Waals surface area contributed by atoms with Gasteiger partial charge in [0.2, 0.25) is 0 Å². The molecular weight excluding hydrogens is 352 g/mol. The van der Waals surface area contributed by atoms with Crippen molar-refractivity contribution in [2.75, 3.05) is 5.73 Å². The highest BCUT2D eigenvalue weighted by Gasteiger charge is 2.18. The maximum absolute atomic E-state index is 6.17. The van der Waals surface area contributed by atoms with E-state index in [1.54, 1.807) is 12.5 Å². The van der Waals surface area contributed by atoms with E-state index in [1.165, 1.54) is 0 Å². The van der Waals surface area contributed by atoms with Crippen LogP contribution < -0.4 is 10.5 Å². The first kappa shape index (κ1) is 16.1. The summed E-state index contributed by atoms with van der Waals surface area (Å²) >= 11 is 0. The number of fused-ring (bicyclic) bond motifs is 1. The summed E-state index contributed by atoms with van der Waals surface area (Å²) in [6.45, 7) is 0. The molecule has 0 atom stereocenters. The van der Waals surface area contributed by atoms with E-state index >= 15 is 0 Å². The smallest absolute Gasteiger partial charge is 0.181 e. The second-order valence-electron chi connectivity index (χ2n) is 6.23. The third-order valence-corrected chi connectivity index (χ3v) is 4.43. The van der Waals surface area contributed by atoms with E-state index in [9.17, 15) is 0 Å². The number of furan rings is 1. The number of imidazole rings is 1. The lowest BCUT2D eigenvalue weighted by molar-refractivity contribution is 0.483. The quantitative estimate of drug-likeness (QED) is 0.481. The SMILES string of the molecule is Nc1nccn2c(-c3ccco3)nc(-c3ccc(Oc4ccccc4)cc3)c12. The van der Waals surface area contributed by atoms with Crippen LogP contribution in [0.1, 0.15) is 0 Å². The molecule has 6 heteroatoms. The number of ether oxygens (including phenoxy) is 1. The monoisotopic (exact) mass is 368 g/mol. The van der Waals surface area contributed by atoms with E-state index in [1.807, 2.05) is 77.3 Å². The summed E-state index contributed by atoms with van der Waals surface area (Å²) in [6.07, 6.45) is 5.10. The van der Waals surface area contributed by atoms with Crippen LogP contribution in [0.25, 0.3) is 28.4 Å². The highest BCUT2D eigenvalue weighted by atomic mass is 16.5. The lowest BCUT2D eigenvalue weighted by atomic mass is 10.1. The molecule has 3 aromatic heterocycles. The molecule has 6 nitrogen and oxygen atoms in total. The van der Waals surface area contributed by atoms with Gasteiger partial charge in [0.15, 0.2) is 11.6 Å². The normalized spacial score (nSPS) is 11.0. The Bertz CT molecular complexity index is 1230. The summed E-state index contributed by atoms with van der Waals surface area (Å²) in [4.78, 5) is 9.01. The van der Waals surface area contributed by atoms with Crippen molar-refractivity contribution >= 4 is 11.3 Å². The molecule has 0 radical (unpaired) electrons. The lowest BCUT2D eigenvalue weighted by Gasteiger charge is -2.06. The van der Waals surface area contributed by atoms with E-state index in [2.05, 4.69) is 4.98 Å². The first-order valence-electron chi connectivity index (χ1n) is 8.79. The number of anilines is 1. The minimum atomic E-state index is 0.410. The molecule has 0 bridgehead atoms. The highest BCUT2D eigenvalue weighted by molar-refractivity contribution is 5.87. The van der Waals surface area contributed by atoms with Crippen molar-refractivity contribution in [3.05, 3.63) is 85.4 Å². The predicted molar refractivity (Wildman–Crippen MR) is 107 cm³/mol. The summed E-state index contributed by atoms with van der Waals surface area (Å²) in [5.41, 5.74) is 8.56. The molecule has 2 N–H and O–H groups in total. The fraction of sp³-hybridized carbons (Fsp3) is 0. The molecule has 0 saturated heterocycles. The molecule has 0 aliphatic heterocycles. The molecule has 2 aromatic carbocycles. The van der Waals surface area contributed by atoms with E-state index in [0.717, 1.165) is 28.3 Å². The number of aromatic nitrogens is 3. The van der Waals surface area contributed by atoms with Gasteiger partial charge in [-0.2, -0.15) is 0 Å². The van der Waals surface area contributed by atoms with Crippen molar-refractivity contribution in [2.24, 2.45) is 0 Å². The van der Waals surface area contributed by atoms with Crippen LogP contribution in [0.3, 0.4) is 0 Å². The number of hydrogen-bond donors (Lipinski definition) is 1. The van der Waals surface area contributed by atoms with E-state index in [0.29, 0.717) is 17.4 Å². The summed E-state index contributed by atoms with van der Waals surface area (Å²) < 4.78 is 13.3. The van der Waals surface area contributed by atoms with Crippen molar-refractivity contribution < 1.29 is 9.15 Å². The van der Waals surface area contributed by atoms with Crippen molar-refractivity contribution in [1.82, 2.24) is 14.4 Å². The number of nitrogens with zero attached hydrogens (tertiary/aromatic N) is 3. The maximum Gasteiger partial charge on any atom is 0.181 e. The molecular formula is C22H16N4O2. The number of nitrogens with two attached hydrogens (primary N) is 1. The van der Waals surface area contributed by atoms with Crippen LogP contribution in [0.4, 0.5) is 5.82 Å². The largest absolute Gasteiger partial charge is 0.461 e. The van der Waals surface area contributed by atoms with Crippen molar-refractivity contribution in [1.29, 1.82) is 0 Å². The van der Waals surface area contributed by atoms with Crippen LogP contribution in [0, 0.1) is 0 Å². The van der Waals surface area contributed by atoms with Crippen LogP contribution in [0.2, 0.25) is 0 Å². The Labute approximate surface area is 160 Å². The molecule has 136 valence electrons. The molecule has 5 rings (SSSR count). The number of hydrogen-bond acceptors (Lipinski definition) is 5. The van der Waals surface area contributed by atoms with Crippen LogP contribution in [-0.2, 0) is 0 Å². The zero-order valence-electron chi connectivity index (χ0n) is 14.8. The third-order valence-electron chi connectivity index (χ3n) is 4.43. The topological polar surface area (TPSA) is 78.6 Å². The van der Waals surface area contributed by atoms with Crippen LogP contribution in [0.15, 0.2) is 89.8 Å². The summed E-state index contributed by atoms with van der Waals surface area (Å²) in [7, 11) is 0. The van der Waals surface area contributed by atoms with Crippen molar-refractivity contribution in [3.8, 4) is 34.3 Å². The first-order valence-corrected chi connectivity index (χ1v) is 8.79. The summed E-state index contributed by atoms with van der Waals surface area (Å²) in [5, 5.41) is 0. The van der Waals surface area contributed by atoms with Gasteiger partial charge in [-0.15, -0.1) is 0 Å². The standard InChI is InChI=1S/C22H16N4O2/c23-21-20-19(25-22(18-7-4-14-27-18)26(20)13-12-24-21)15-8-10-17(11-9-15)28-16-5-2-1-3-6-16/h1-14H,(H2,23,24). The Morgan fingerprint density at radius 3 is 2.43 bits per heavy atom. The van der Waals surface area contributed by atoms with Crippen LogP contribution in [-0.4, -0.2) is 14.4 Å². The Hall–Kier alpha value is -4.06. The summed E-state index contributed by atoms with van der Waals surface area (Å²) in [5.74, 6) is 3.28. The molecule has 3 heterocycles. The van der Waals surface area contributed by atoms with Gasteiger partial charge in [0.05, 0.1) is 6.26 Å². The second kappa shape index (κ2) is 6.59. The highest BCUT2D eigenvalue weighted by Crippen LogP contribution is 2.33. The molecule has 0 aliphatic rings. The van der Waals surface area contributed by atoms with Crippen molar-refractivity contribution in [2.45, 2.75) is 0 Å². The van der Waals surface area contributed by atoms with Gasteiger partial charge in [0.25, 0.3) is 0 Å². The Kier molecular flexibility index (Phi) is 3.80. The summed E-state index contributed by atoms with van der Waals surface area (Å²) in [6, 6.07) is 21.1.